The fourth-order valence-electron chi connectivity index (χ4n) is 3.88. The van der Waals surface area contributed by atoms with Gasteiger partial charge in [-0.25, -0.2) is 9.97 Å². The van der Waals surface area contributed by atoms with Gasteiger partial charge >= 0.3 is 5.92 Å². The molecule has 0 fully saturated rings. The highest BCUT2D eigenvalue weighted by atomic mass is 19.3. The predicted octanol–water partition coefficient (Wildman–Crippen LogP) is 4.62. The fraction of sp³-hybridized carbons (Fsp3) is 0.185. The van der Waals surface area contributed by atoms with Gasteiger partial charge in [0.15, 0.2) is 0 Å². The lowest BCUT2D eigenvalue weighted by atomic mass is 10.1. The number of benzene rings is 2. The van der Waals surface area contributed by atoms with Crippen molar-refractivity contribution in [2.75, 3.05) is 16.8 Å². The third-order valence-corrected chi connectivity index (χ3v) is 5.68. The van der Waals surface area contributed by atoms with Crippen LogP contribution in [-0.4, -0.2) is 38.1 Å². The molecule has 3 heterocycles. The number of anilines is 2. The number of halogens is 2. The average Bonchev–Trinajstić information content (AvgIpc) is 3.40. The third kappa shape index (κ3) is 4.97. The van der Waals surface area contributed by atoms with Crippen molar-refractivity contribution < 1.29 is 18.4 Å². The number of aromatic nitrogens is 4. The summed E-state index contributed by atoms with van der Waals surface area (Å²) in [7, 11) is 0. The zero-order chi connectivity index (χ0) is 27.3. The van der Waals surface area contributed by atoms with Crippen LogP contribution in [0.4, 0.5) is 20.2 Å². The highest BCUT2D eigenvalue weighted by molar-refractivity contribution is 6.15. The highest BCUT2D eigenvalue weighted by Crippen LogP contribution is 2.33. The van der Waals surface area contributed by atoms with Gasteiger partial charge in [0, 0.05) is 17.8 Å². The quantitative estimate of drug-likeness (QED) is 0.414. The number of hydrogen-bond donors (Lipinski definition) is 1. The van der Waals surface area contributed by atoms with Crippen LogP contribution < -0.4 is 10.2 Å². The second-order valence-electron chi connectivity index (χ2n) is 7.94. The van der Waals surface area contributed by atoms with Crippen LogP contribution in [0, 0.1) is 11.3 Å². The largest absolute Gasteiger partial charge is 0.331 e. The Labute approximate surface area is 217 Å². The van der Waals surface area contributed by atoms with E-state index < -0.39 is 23.6 Å². The maximum absolute atomic E-state index is 14.8. The Morgan fingerprint density at radius 3 is 2.42 bits per heavy atom. The van der Waals surface area contributed by atoms with E-state index in [1.165, 1.54) is 46.1 Å². The van der Waals surface area contributed by atoms with Gasteiger partial charge in [-0.3, -0.25) is 14.3 Å². The molecule has 1 aliphatic heterocycles. The van der Waals surface area contributed by atoms with Gasteiger partial charge in [0.25, 0.3) is 11.8 Å². The number of hydrogen-bond acceptors (Lipinski definition) is 6. The summed E-state index contributed by atoms with van der Waals surface area (Å²) < 4.78 is 31.0. The molecule has 0 spiro atoms. The molecule has 2 aromatic heterocycles. The Hall–Kier alpha value is -4.98. The number of alkyl halides is 2. The number of nitrogens with zero attached hydrogens (tertiary/aromatic N) is 6. The van der Waals surface area contributed by atoms with E-state index in [2.05, 4.69) is 20.4 Å². The normalized spacial score (nSPS) is 12.6. The molecule has 0 saturated heterocycles. The molecule has 0 unspecified atom stereocenters. The monoisotopic (exact) mass is 515 g/mol. The van der Waals surface area contributed by atoms with Crippen molar-refractivity contribution in [2.45, 2.75) is 26.3 Å². The number of nitriles is 1. The number of carbonyl (C=O) groups excluding carboxylic acids is 2. The van der Waals surface area contributed by atoms with E-state index in [0.717, 1.165) is 12.4 Å². The van der Waals surface area contributed by atoms with E-state index in [-0.39, 0.29) is 35.6 Å². The molecule has 192 valence electrons. The summed E-state index contributed by atoms with van der Waals surface area (Å²) in [6, 6.07) is 15.5. The maximum atomic E-state index is 14.8. The predicted molar refractivity (Wildman–Crippen MR) is 136 cm³/mol. The van der Waals surface area contributed by atoms with Gasteiger partial charge in [-0.2, -0.15) is 19.1 Å². The van der Waals surface area contributed by atoms with Gasteiger partial charge in [-0.1, -0.05) is 50.2 Å². The lowest BCUT2D eigenvalue weighted by molar-refractivity contribution is 0.0328. The molecule has 2 amide bonds. The third-order valence-electron chi connectivity index (χ3n) is 5.68. The summed E-state index contributed by atoms with van der Waals surface area (Å²) in [6.45, 7) is 4.47. The second-order valence-corrected chi connectivity index (χ2v) is 7.94. The van der Waals surface area contributed by atoms with E-state index in [0.29, 0.717) is 11.3 Å². The van der Waals surface area contributed by atoms with Crippen molar-refractivity contribution in [3.8, 4) is 6.07 Å². The lowest BCUT2D eigenvalue weighted by Gasteiger charge is -2.27. The summed E-state index contributed by atoms with van der Waals surface area (Å²) >= 11 is 0. The molecule has 5 rings (SSSR count). The molecule has 9 nitrogen and oxygen atoms in total. The van der Waals surface area contributed by atoms with Gasteiger partial charge in [0.1, 0.15) is 5.69 Å². The van der Waals surface area contributed by atoms with Crippen LogP contribution >= 0.6 is 0 Å². The summed E-state index contributed by atoms with van der Waals surface area (Å²) in [4.78, 5) is 35.2. The van der Waals surface area contributed by atoms with Crippen LogP contribution in [-0.2, 0) is 12.5 Å². The first-order valence-corrected chi connectivity index (χ1v) is 11.8. The first kappa shape index (κ1) is 26.1. The molecular formula is C27H23F2N7O2. The van der Waals surface area contributed by atoms with Crippen molar-refractivity contribution in [3.63, 3.8) is 0 Å². The molecule has 1 N–H and O–H groups in total. The van der Waals surface area contributed by atoms with E-state index in [1.807, 2.05) is 19.9 Å². The molecular weight excluding hydrogens is 492 g/mol. The van der Waals surface area contributed by atoms with Gasteiger partial charge in [-0.05, 0) is 18.2 Å². The van der Waals surface area contributed by atoms with Crippen molar-refractivity contribution in [2.24, 2.45) is 0 Å². The SMILES string of the molecule is CC.N#Cc1cccc(NC(=O)c2cnn3c2C(=O)N(c2cnc(C(F)(F)c4ccccc4)nc2)CC3)c1. The van der Waals surface area contributed by atoms with E-state index >= 15 is 0 Å². The Morgan fingerprint density at radius 1 is 1.03 bits per heavy atom. The Kier molecular flexibility index (Phi) is 7.53. The second kappa shape index (κ2) is 11.0. The van der Waals surface area contributed by atoms with Crippen LogP contribution in [0.25, 0.3) is 0 Å². The average molecular weight is 516 g/mol. The Bertz CT molecular complexity index is 1500. The molecule has 0 aliphatic carbocycles. The van der Waals surface area contributed by atoms with Gasteiger partial charge < -0.3 is 10.2 Å². The van der Waals surface area contributed by atoms with Crippen LogP contribution in [0.5, 0.6) is 0 Å². The van der Waals surface area contributed by atoms with E-state index in [1.54, 1.807) is 24.3 Å². The maximum Gasteiger partial charge on any atom is 0.331 e. The van der Waals surface area contributed by atoms with Crippen molar-refractivity contribution in [1.29, 1.82) is 5.26 Å². The highest BCUT2D eigenvalue weighted by Gasteiger charge is 2.38. The summed E-state index contributed by atoms with van der Waals surface area (Å²) in [5.74, 6) is -5.21. The number of rotatable bonds is 5. The first-order chi connectivity index (χ1) is 18.4. The summed E-state index contributed by atoms with van der Waals surface area (Å²) in [6.07, 6.45) is 3.62. The zero-order valence-corrected chi connectivity index (χ0v) is 20.6. The van der Waals surface area contributed by atoms with Gasteiger partial charge in [0.05, 0.1) is 48.0 Å². The van der Waals surface area contributed by atoms with Crippen molar-refractivity contribution >= 4 is 23.2 Å². The molecule has 2 aromatic carbocycles. The molecule has 11 heteroatoms. The Morgan fingerprint density at radius 2 is 1.74 bits per heavy atom. The lowest BCUT2D eigenvalue weighted by Crippen LogP contribution is -2.41. The summed E-state index contributed by atoms with van der Waals surface area (Å²) in [5.41, 5.74) is 0.824. The van der Waals surface area contributed by atoms with Crippen LogP contribution in [0.3, 0.4) is 0 Å². The number of carbonyl (C=O) groups is 2. The van der Waals surface area contributed by atoms with Crippen LogP contribution in [0.1, 0.15) is 51.6 Å². The fourth-order valence-corrected chi connectivity index (χ4v) is 3.88. The Balaban J connectivity index is 0.00000164. The molecule has 0 atom stereocenters. The topological polar surface area (TPSA) is 117 Å². The molecule has 1 aliphatic rings. The zero-order valence-electron chi connectivity index (χ0n) is 20.6. The smallest absolute Gasteiger partial charge is 0.322 e. The van der Waals surface area contributed by atoms with Crippen LogP contribution in [0.15, 0.2) is 73.2 Å². The number of fused-ring (bicyclic) bond motifs is 1. The van der Waals surface area contributed by atoms with Crippen molar-refractivity contribution in [1.82, 2.24) is 19.7 Å². The van der Waals surface area contributed by atoms with Gasteiger partial charge in [0.2, 0.25) is 5.82 Å². The molecule has 0 radical (unpaired) electrons. The molecule has 0 saturated carbocycles. The number of amides is 2. The van der Waals surface area contributed by atoms with Crippen molar-refractivity contribution in [3.05, 3.63) is 101 Å². The number of nitrogens with one attached hydrogen (secondary N) is 1. The first-order valence-electron chi connectivity index (χ1n) is 11.8. The summed E-state index contributed by atoms with van der Waals surface area (Å²) in [5, 5.41) is 15.9. The van der Waals surface area contributed by atoms with E-state index in [9.17, 15) is 18.4 Å². The minimum Gasteiger partial charge on any atom is -0.322 e. The molecule has 4 aromatic rings. The minimum absolute atomic E-state index is 0.0419. The van der Waals surface area contributed by atoms with Crippen LogP contribution in [0.2, 0.25) is 0 Å². The van der Waals surface area contributed by atoms with Gasteiger partial charge in [-0.15, -0.1) is 0 Å². The molecule has 0 bridgehead atoms. The molecule has 38 heavy (non-hydrogen) atoms. The van der Waals surface area contributed by atoms with E-state index in [4.69, 9.17) is 5.26 Å². The standard InChI is InChI=1S/C25H17F2N7O2.C2H6/c26-25(27,17-6-2-1-3-7-17)24-29-13-19(14-30-24)33-9-10-34-21(23(33)36)20(15-31-34)22(35)32-18-8-4-5-16(11-18)12-28;1-2/h1-8,11,13-15H,9-10H2,(H,32,35);1-2H3. The minimum atomic E-state index is -3.40.